The summed E-state index contributed by atoms with van der Waals surface area (Å²) in [6, 6.07) is 15.0. The molecule has 172 valence electrons. The Bertz CT molecular complexity index is 1130. The molecular weight excluding hydrogens is 436 g/mol. The van der Waals surface area contributed by atoms with E-state index in [2.05, 4.69) is 25.7 Å². The van der Waals surface area contributed by atoms with Crippen molar-refractivity contribution in [2.75, 3.05) is 29.1 Å². The average molecular weight is 465 g/mol. The lowest BCUT2D eigenvalue weighted by Crippen LogP contribution is -2.35. The number of aryl methyl sites for hydroxylation is 1. The van der Waals surface area contributed by atoms with E-state index in [1.165, 1.54) is 18.2 Å². The average Bonchev–Trinajstić information content (AvgIpc) is 3.26. The van der Waals surface area contributed by atoms with E-state index >= 15 is 0 Å². The molecule has 2 heterocycles. The highest BCUT2D eigenvalue weighted by atomic mass is 32.2. The minimum absolute atomic E-state index is 0.0468. The van der Waals surface area contributed by atoms with Gasteiger partial charge in [-0.25, -0.2) is 4.79 Å². The highest BCUT2D eigenvalue weighted by molar-refractivity contribution is 7.99. The Balaban J connectivity index is 1.43. The summed E-state index contributed by atoms with van der Waals surface area (Å²) in [6.45, 7) is 5.78. The van der Waals surface area contributed by atoms with Crippen LogP contribution in [0.25, 0.3) is 5.69 Å². The van der Waals surface area contributed by atoms with Crippen molar-refractivity contribution in [2.45, 2.75) is 38.3 Å². The third-order valence-electron chi connectivity index (χ3n) is 5.71. The van der Waals surface area contributed by atoms with Crippen LogP contribution in [0, 0.1) is 13.8 Å². The van der Waals surface area contributed by atoms with Crippen LogP contribution in [0.1, 0.15) is 30.4 Å². The van der Waals surface area contributed by atoms with E-state index in [-0.39, 0.29) is 5.75 Å². The van der Waals surface area contributed by atoms with Gasteiger partial charge in [0.15, 0.2) is 5.16 Å². The number of anilines is 2. The maximum atomic E-state index is 12.5. The van der Waals surface area contributed by atoms with Crippen molar-refractivity contribution >= 4 is 35.3 Å². The van der Waals surface area contributed by atoms with Crippen molar-refractivity contribution < 1.29 is 9.59 Å². The van der Waals surface area contributed by atoms with Crippen LogP contribution in [0.15, 0.2) is 53.7 Å². The molecule has 1 aliphatic heterocycles. The lowest BCUT2D eigenvalue weighted by atomic mass is 10.1. The number of piperidine rings is 1. The number of benzene rings is 2. The Morgan fingerprint density at radius 2 is 1.73 bits per heavy atom. The largest absolute Gasteiger partial charge is 0.341 e. The van der Waals surface area contributed by atoms with E-state index in [1.54, 1.807) is 0 Å². The highest BCUT2D eigenvalue weighted by Crippen LogP contribution is 2.28. The molecule has 0 bridgehead atoms. The number of carbonyl (C=O) groups excluding carboxylic acids is 2. The molecule has 0 radical (unpaired) electrons. The van der Waals surface area contributed by atoms with Crippen molar-refractivity contribution in [3.63, 3.8) is 0 Å². The summed E-state index contributed by atoms with van der Waals surface area (Å²) in [5.74, 6) is 0.437. The van der Waals surface area contributed by atoms with Gasteiger partial charge in [-0.1, -0.05) is 42.1 Å². The number of nitrogens with one attached hydrogen (secondary N) is 2. The molecule has 2 N–H and O–H groups in total. The van der Waals surface area contributed by atoms with Gasteiger partial charge in [0.25, 0.3) is 0 Å². The number of rotatable bonds is 6. The molecule has 8 nitrogen and oxygen atoms in total. The minimum atomic E-state index is -0.548. The smallest absolute Gasteiger partial charge is 0.325 e. The predicted molar refractivity (Wildman–Crippen MR) is 131 cm³/mol. The topological polar surface area (TPSA) is 92.2 Å². The second-order valence-electron chi connectivity index (χ2n) is 8.04. The molecule has 1 saturated heterocycles. The first-order chi connectivity index (χ1) is 16.0. The number of thioether (sulfide) groups is 1. The van der Waals surface area contributed by atoms with Gasteiger partial charge < -0.3 is 10.2 Å². The van der Waals surface area contributed by atoms with Gasteiger partial charge in [0, 0.05) is 18.8 Å². The first-order valence-electron chi connectivity index (χ1n) is 11.1. The van der Waals surface area contributed by atoms with E-state index in [0.717, 1.165) is 48.7 Å². The number of hydrogen-bond acceptors (Lipinski definition) is 6. The van der Waals surface area contributed by atoms with Crippen LogP contribution in [-0.4, -0.2) is 45.5 Å². The lowest BCUT2D eigenvalue weighted by Gasteiger charge is -2.27. The minimum Gasteiger partial charge on any atom is -0.341 e. The van der Waals surface area contributed by atoms with Crippen LogP contribution in [0.2, 0.25) is 0 Å². The molecule has 2 aromatic carbocycles. The second kappa shape index (κ2) is 10.5. The Morgan fingerprint density at radius 1 is 0.970 bits per heavy atom. The van der Waals surface area contributed by atoms with Gasteiger partial charge in [-0.3, -0.25) is 14.7 Å². The van der Waals surface area contributed by atoms with Crippen molar-refractivity contribution in [1.82, 2.24) is 20.1 Å². The third kappa shape index (κ3) is 5.54. The molecule has 0 aliphatic carbocycles. The van der Waals surface area contributed by atoms with E-state index in [9.17, 15) is 9.59 Å². The molecule has 0 unspecified atom stereocenters. The standard InChI is InChI=1S/C24H28N6O2S/c1-17-10-9-13-20(18(17)2)25-22(32)26-21(31)16-33-24-28-27-23(29-14-7-4-8-15-29)30(24)19-11-5-3-6-12-19/h3,5-6,9-13H,4,7-8,14-16H2,1-2H3,(H2,25,26,31,32). The van der Waals surface area contributed by atoms with Crippen molar-refractivity contribution in [3.05, 3.63) is 59.7 Å². The van der Waals surface area contributed by atoms with E-state index in [4.69, 9.17) is 0 Å². The molecule has 4 rings (SSSR count). The molecular formula is C24H28N6O2S. The number of nitrogens with zero attached hydrogens (tertiary/aromatic N) is 4. The van der Waals surface area contributed by atoms with Gasteiger partial charge in [-0.15, -0.1) is 10.2 Å². The zero-order valence-corrected chi connectivity index (χ0v) is 19.7. The fraction of sp³-hybridized carbons (Fsp3) is 0.333. The monoisotopic (exact) mass is 464 g/mol. The number of aromatic nitrogens is 3. The molecule has 9 heteroatoms. The van der Waals surface area contributed by atoms with Gasteiger partial charge in [-0.05, 0) is 62.4 Å². The summed E-state index contributed by atoms with van der Waals surface area (Å²) in [5, 5.41) is 14.6. The van der Waals surface area contributed by atoms with Crippen LogP contribution in [-0.2, 0) is 4.79 Å². The molecule has 33 heavy (non-hydrogen) atoms. The van der Waals surface area contributed by atoms with E-state index in [1.807, 2.05) is 66.9 Å². The van der Waals surface area contributed by atoms with Crippen LogP contribution in [0.4, 0.5) is 16.4 Å². The van der Waals surface area contributed by atoms with Crippen molar-refractivity contribution in [2.24, 2.45) is 0 Å². The Hall–Kier alpha value is -3.33. The molecule has 1 aliphatic rings. The molecule has 0 spiro atoms. The van der Waals surface area contributed by atoms with Crippen molar-refractivity contribution in [3.8, 4) is 5.69 Å². The number of para-hydroxylation sites is 1. The van der Waals surface area contributed by atoms with Gasteiger partial charge in [0.1, 0.15) is 0 Å². The van der Waals surface area contributed by atoms with Crippen LogP contribution < -0.4 is 15.5 Å². The summed E-state index contributed by atoms with van der Waals surface area (Å²) in [5.41, 5.74) is 3.66. The van der Waals surface area contributed by atoms with Crippen LogP contribution >= 0.6 is 11.8 Å². The number of urea groups is 1. The van der Waals surface area contributed by atoms with Gasteiger partial charge >= 0.3 is 6.03 Å². The van der Waals surface area contributed by atoms with Gasteiger partial charge in [-0.2, -0.15) is 0 Å². The number of imide groups is 1. The molecule has 1 aromatic heterocycles. The number of carbonyl (C=O) groups is 2. The maximum absolute atomic E-state index is 12.5. The zero-order valence-electron chi connectivity index (χ0n) is 18.9. The Morgan fingerprint density at radius 3 is 2.48 bits per heavy atom. The first-order valence-corrected chi connectivity index (χ1v) is 12.1. The van der Waals surface area contributed by atoms with Crippen LogP contribution in [0.3, 0.4) is 0 Å². The second-order valence-corrected chi connectivity index (χ2v) is 8.98. The van der Waals surface area contributed by atoms with E-state index < -0.39 is 11.9 Å². The predicted octanol–water partition coefficient (Wildman–Crippen LogP) is 4.31. The number of amides is 3. The summed E-state index contributed by atoms with van der Waals surface area (Å²) in [6.07, 6.45) is 3.48. The maximum Gasteiger partial charge on any atom is 0.325 e. The molecule has 0 saturated carbocycles. The van der Waals surface area contributed by atoms with Crippen LogP contribution in [0.5, 0.6) is 0 Å². The quantitative estimate of drug-likeness (QED) is 0.528. The lowest BCUT2D eigenvalue weighted by molar-refractivity contribution is -0.117. The normalized spacial score (nSPS) is 13.6. The summed E-state index contributed by atoms with van der Waals surface area (Å²) >= 11 is 1.26. The zero-order chi connectivity index (χ0) is 23.2. The Labute approximate surface area is 197 Å². The molecule has 1 fully saturated rings. The molecule has 0 atom stereocenters. The molecule has 3 amide bonds. The highest BCUT2D eigenvalue weighted by Gasteiger charge is 2.22. The summed E-state index contributed by atoms with van der Waals surface area (Å²) in [4.78, 5) is 27.0. The van der Waals surface area contributed by atoms with E-state index in [0.29, 0.717) is 10.8 Å². The van der Waals surface area contributed by atoms with Crippen molar-refractivity contribution in [1.29, 1.82) is 0 Å². The first kappa shape index (κ1) is 22.8. The van der Waals surface area contributed by atoms with Gasteiger partial charge in [0.2, 0.25) is 11.9 Å². The summed E-state index contributed by atoms with van der Waals surface area (Å²) < 4.78 is 1.99. The number of hydrogen-bond donors (Lipinski definition) is 2. The fourth-order valence-corrected chi connectivity index (χ4v) is 4.54. The molecule has 3 aromatic rings. The van der Waals surface area contributed by atoms with Gasteiger partial charge in [0.05, 0.1) is 11.4 Å². The fourth-order valence-electron chi connectivity index (χ4n) is 3.79. The Kier molecular flexibility index (Phi) is 7.29. The summed E-state index contributed by atoms with van der Waals surface area (Å²) in [7, 11) is 0. The third-order valence-corrected chi connectivity index (χ3v) is 6.64. The SMILES string of the molecule is Cc1cccc(NC(=O)NC(=O)CSc2nnc(N3CCCCC3)n2-c2ccccc2)c1C.